The fraction of sp³-hybridized carbons (Fsp3) is 0.364. The molecule has 2 aromatic carbocycles. The normalized spacial score (nSPS) is 21.6. The first-order valence-electron chi connectivity index (χ1n) is 9.51. The molecule has 0 radical (unpaired) electrons. The van der Waals surface area contributed by atoms with Crippen LogP contribution >= 0.6 is 0 Å². The molecule has 28 heavy (non-hydrogen) atoms. The summed E-state index contributed by atoms with van der Waals surface area (Å²) < 4.78 is 19.0. The van der Waals surface area contributed by atoms with Gasteiger partial charge in [0, 0.05) is 13.2 Å². The molecule has 0 unspecified atom stereocenters. The molecule has 2 aliphatic rings. The van der Waals surface area contributed by atoms with Crippen LogP contribution in [0.4, 0.5) is 4.39 Å². The Kier molecular flexibility index (Phi) is 5.13. The van der Waals surface area contributed by atoms with E-state index in [1.165, 1.54) is 12.1 Å². The average molecular weight is 382 g/mol. The average Bonchev–Trinajstić information content (AvgIpc) is 3.48. The van der Waals surface area contributed by atoms with Crippen LogP contribution in [0, 0.1) is 5.82 Å². The number of benzene rings is 2. The molecule has 6 heteroatoms. The highest BCUT2D eigenvalue weighted by molar-refractivity contribution is 5.85. The van der Waals surface area contributed by atoms with Gasteiger partial charge in [0.1, 0.15) is 18.0 Å². The van der Waals surface area contributed by atoms with Crippen LogP contribution in [0.2, 0.25) is 0 Å². The van der Waals surface area contributed by atoms with Crippen molar-refractivity contribution in [3.63, 3.8) is 0 Å². The van der Waals surface area contributed by atoms with Gasteiger partial charge in [0.15, 0.2) is 0 Å². The summed E-state index contributed by atoms with van der Waals surface area (Å²) in [5, 5.41) is 3.08. The van der Waals surface area contributed by atoms with Crippen molar-refractivity contribution in [1.82, 2.24) is 10.2 Å². The van der Waals surface area contributed by atoms with Crippen molar-refractivity contribution in [2.75, 3.05) is 7.11 Å². The Hall–Kier alpha value is -2.73. The van der Waals surface area contributed by atoms with E-state index in [4.69, 9.17) is 4.74 Å². The SMILES string of the molecule is CO[C@H]1c2ccccc2C[C@@H]1NC(=O)[C@@H](c1ccc(F)cc1)N(C=O)C1CC1. The van der Waals surface area contributed by atoms with Gasteiger partial charge in [0.25, 0.3) is 0 Å². The summed E-state index contributed by atoms with van der Waals surface area (Å²) in [6, 6.07) is 12.8. The van der Waals surface area contributed by atoms with Crippen LogP contribution in [-0.2, 0) is 20.7 Å². The lowest BCUT2D eigenvalue weighted by Gasteiger charge is -2.30. The molecular formula is C22H23FN2O3. The third-order valence-electron chi connectivity index (χ3n) is 5.57. The minimum atomic E-state index is -0.785. The molecule has 0 saturated heterocycles. The molecule has 0 bridgehead atoms. The summed E-state index contributed by atoms with van der Waals surface area (Å²) in [7, 11) is 1.63. The highest BCUT2D eigenvalue weighted by Gasteiger charge is 2.40. The van der Waals surface area contributed by atoms with Gasteiger partial charge < -0.3 is 15.0 Å². The van der Waals surface area contributed by atoms with Gasteiger partial charge in [-0.25, -0.2) is 4.39 Å². The predicted molar refractivity (Wildman–Crippen MR) is 102 cm³/mol. The molecule has 1 saturated carbocycles. The molecule has 0 aromatic heterocycles. The fourth-order valence-corrected chi connectivity index (χ4v) is 4.07. The summed E-state index contributed by atoms with van der Waals surface area (Å²) in [6.07, 6.45) is 2.90. The number of fused-ring (bicyclic) bond motifs is 1. The molecule has 1 fully saturated rings. The number of amides is 2. The van der Waals surface area contributed by atoms with E-state index in [9.17, 15) is 14.0 Å². The Morgan fingerprint density at radius 2 is 1.93 bits per heavy atom. The molecule has 5 nitrogen and oxygen atoms in total. The van der Waals surface area contributed by atoms with Crippen molar-refractivity contribution in [3.05, 3.63) is 71.0 Å². The summed E-state index contributed by atoms with van der Waals surface area (Å²) in [5.74, 6) is -0.650. The van der Waals surface area contributed by atoms with E-state index in [1.807, 2.05) is 24.3 Å². The molecule has 2 amide bonds. The lowest BCUT2D eigenvalue weighted by molar-refractivity contribution is -0.135. The van der Waals surface area contributed by atoms with Crippen LogP contribution in [0.3, 0.4) is 0 Å². The second-order valence-corrected chi connectivity index (χ2v) is 7.41. The number of nitrogens with one attached hydrogen (secondary N) is 1. The molecule has 3 atom stereocenters. The number of hydrogen-bond donors (Lipinski definition) is 1. The minimum absolute atomic E-state index is 0.0531. The monoisotopic (exact) mass is 382 g/mol. The van der Waals surface area contributed by atoms with Gasteiger partial charge in [-0.3, -0.25) is 9.59 Å². The van der Waals surface area contributed by atoms with Crippen molar-refractivity contribution >= 4 is 12.3 Å². The first-order chi connectivity index (χ1) is 13.6. The first-order valence-corrected chi connectivity index (χ1v) is 9.51. The maximum Gasteiger partial charge on any atom is 0.247 e. The smallest absolute Gasteiger partial charge is 0.247 e. The van der Waals surface area contributed by atoms with E-state index in [0.717, 1.165) is 30.4 Å². The van der Waals surface area contributed by atoms with Gasteiger partial charge >= 0.3 is 0 Å². The van der Waals surface area contributed by atoms with Gasteiger partial charge in [0.2, 0.25) is 12.3 Å². The Balaban J connectivity index is 1.59. The summed E-state index contributed by atoms with van der Waals surface area (Å²) >= 11 is 0. The van der Waals surface area contributed by atoms with Gasteiger partial charge in [-0.1, -0.05) is 36.4 Å². The third kappa shape index (κ3) is 3.52. The van der Waals surface area contributed by atoms with Crippen LogP contribution in [0.1, 0.15) is 41.7 Å². The summed E-state index contributed by atoms with van der Waals surface area (Å²) in [4.78, 5) is 26.6. The van der Waals surface area contributed by atoms with Crippen molar-refractivity contribution in [1.29, 1.82) is 0 Å². The largest absolute Gasteiger partial charge is 0.375 e. The van der Waals surface area contributed by atoms with E-state index in [-0.39, 0.29) is 29.9 Å². The van der Waals surface area contributed by atoms with Crippen molar-refractivity contribution in [3.8, 4) is 0 Å². The lowest BCUT2D eigenvalue weighted by atomic mass is 10.0. The summed E-state index contributed by atoms with van der Waals surface area (Å²) in [5.41, 5.74) is 2.82. The highest BCUT2D eigenvalue weighted by atomic mass is 19.1. The lowest BCUT2D eigenvalue weighted by Crippen LogP contribution is -2.46. The van der Waals surface area contributed by atoms with Gasteiger partial charge in [-0.05, 0) is 48.1 Å². The number of halogens is 1. The van der Waals surface area contributed by atoms with E-state index in [2.05, 4.69) is 5.32 Å². The van der Waals surface area contributed by atoms with Gasteiger partial charge in [-0.2, -0.15) is 0 Å². The molecule has 4 rings (SSSR count). The molecule has 2 aliphatic carbocycles. The van der Waals surface area contributed by atoms with E-state index in [1.54, 1.807) is 24.1 Å². The zero-order valence-corrected chi connectivity index (χ0v) is 15.7. The molecular weight excluding hydrogens is 359 g/mol. The number of ether oxygens (including phenoxy) is 1. The van der Waals surface area contributed by atoms with E-state index < -0.39 is 6.04 Å². The number of nitrogens with zero attached hydrogens (tertiary/aromatic N) is 1. The Bertz CT molecular complexity index is 866. The summed E-state index contributed by atoms with van der Waals surface area (Å²) in [6.45, 7) is 0. The van der Waals surface area contributed by atoms with E-state index >= 15 is 0 Å². The zero-order valence-electron chi connectivity index (χ0n) is 15.7. The predicted octanol–water partition coefficient (Wildman–Crippen LogP) is 2.92. The van der Waals surface area contributed by atoms with Crippen LogP contribution < -0.4 is 5.32 Å². The standard InChI is InChI=1S/C22H23FN2O3/c1-28-21-18-5-3-2-4-15(18)12-19(21)24-22(27)20(25(13-26)17-10-11-17)14-6-8-16(23)9-7-14/h2-9,13,17,19-21H,10-12H2,1H3,(H,24,27)/t19-,20+,21-/m0/s1. The first kappa shape index (κ1) is 18.6. The quantitative estimate of drug-likeness (QED) is 0.749. The second-order valence-electron chi connectivity index (χ2n) is 7.41. The molecule has 2 aromatic rings. The van der Waals surface area contributed by atoms with Crippen LogP contribution in [-0.4, -0.2) is 36.4 Å². The molecule has 0 heterocycles. The zero-order chi connectivity index (χ0) is 19.7. The van der Waals surface area contributed by atoms with Gasteiger partial charge in [0.05, 0.1) is 6.04 Å². The second kappa shape index (κ2) is 7.72. The molecule has 0 aliphatic heterocycles. The number of hydrogen-bond acceptors (Lipinski definition) is 3. The minimum Gasteiger partial charge on any atom is -0.375 e. The number of carbonyl (C=O) groups is 2. The molecule has 0 spiro atoms. The van der Waals surface area contributed by atoms with Crippen molar-refractivity contribution in [2.24, 2.45) is 0 Å². The maximum absolute atomic E-state index is 13.4. The molecule has 146 valence electrons. The van der Waals surface area contributed by atoms with E-state index in [0.29, 0.717) is 12.0 Å². The van der Waals surface area contributed by atoms with Crippen molar-refractivity contribution < 1.29 is 18.7 Å². The topological polar surface area (TPSA) is 58.6 Å². The maximum atomic E-state index is 13.4. The fourth-order valence-electron chi connectivity index (χ4n) is 4.07. The van der Waals surface area contributed by atoms with Crippen LogP contribution in [0.5, 0.6) is 0 Å². The number of rotatable bonds is 7. The number of methoxy groups -OCH3 is 1. The Labute approximate surface area is 163 Å². The van der Waals surface area contributed by atoms with Gasteiger partial charge in [-0.15, -0.1) is 0 Å². The Morgan fingerprint density at radius 3 is 2.57 bits per heavy atom. The van der Waals surface area contributed by atoms with Crippen LogP contribution in [0.15, 0.2) is 48.5 Å². The molecule has 1 N–H and O–H groups in total. The van der Waals surface area contributed by atoms with Crippen LogP contribution in [0.25, 0.3) is 0 Å². The third-order valence-corrected chi connectivity index (χ3v) is 5.57. The highest BCUT2D eigenvalue weighted by Crippen LogP contribution is 2.36. The van der Waals surface area contributed by atoms with Crippen molar-refractivity contribution in [2.45, 2.75) is 43.5 Å². The Morgan fingerprint density at radius 1 is 1.21 bits per heavy atom. The number of carbonyl (C=O) groups excluding carboxylic acids is 2.